The van der Waals surface area contributed by atoms with E-state index in [1.165, 1.54) is 0 Å². The molecule has 19 N–H and O–H groups in total. The van der Waals surface area contributed by atoms with Gasteiger partial charge in [-0.25, -0.2) is 4.79 Å². The van der Waals surface area contributed by atoms with Crippen LogP contribution in [-0.2, 0) is 57.5 Å². The van der Waals surface area contributed by atoms with Crippen molar-refractivity contribution in [1.82, 2.24) is 36.8 Å². The number of primary amides is 4. The van der Waals surface area contributed by atoms with E-state index in [0.29, 0.717) is 32.2 Å². The van der Waals surface area contributed by atoms with Gasteiger partial charge in [-0.3, -0.25) is 52.7 Å². The Morgan fingerprint density at radius 3 is 1.52 bits per heavy atom. The SMILES string of the molecule is CCC(C)C(N)C(=O)NC(CC(N)=O)C(=O)NC(CCC(N)=O)C(=O)NC(CCC(N)=O)C(=O)NC(CC(C)C)C(=O)NC(CC(N)=O)C(=O)N1CCCC1C(=O)NC(CCCCN)C(=O)O. The average molecular weight is 954 g/mol. The Morgan fingerprint density at radius 1 is 0.597 bits per heavy atom. The van der Waals surface area contributed by atoms with Crippen LogP contribution in [0.2, 0.25) is 0 Å². The van der Waals surface area contributed by atoms with E-state index in [0.717, 1.165) is 4.90 Å². The minimum Gasteiger partial charge on any atom is -0.480 e. The average Bonchev–Trinajstić information content (AvgIpc) is 3.74. The van der Waals surface area contributed by atoms with Crippen LogP contribution in [0.1, 0.15) is 111 Å². The van der Waals surface area contributed by atoms with Gasteiger partial charge in [-0.15, -0.1) is 0 Å². The van der Waals surface area contributed by atoms with Crippen LogP contribution < -0.4 is 66.3 Å². The zero-order valence-corrected chi connectivity index (χ0v) is 38.6. The monoisotopic (exact) mass is 954 g/mol. The van der Waals surface area contributed by atoms with E-state index in [-0.39, 0.29) is 37.6 Å². The molecule has 1 heterocycles. The Morgan fingerprint density at radius 2 is 1.06 bits per heavy atom. The third-order valence-corrected chi connectivity index (χ3v) is 11.0. The molecule has 1 fully saturated rings. The molecule has 26 heteroatoms. The minimum atomic E-state index is -1.66. The van der Waals surface area contributed by atoms with Crippen LogP contribution in [0.25, 0.3) is 0 Å². The van der Waals surface area contributed by atoms with Gasteiger partial charge in [0.1, 0.15) is 42.3 Å². The van der Waals surface area contributed by atoms with Crippen molar-refractivity contribution in [3.63, 3.8) is 0 Å². The first kappa shape index (κ1) is 58.6. The lowest BCUT2D eigenvalue weighted by molar-refractivity contribution is -0.145. The van der Waals surface area contributed by atoms with Gasteiger partial charge in [0.2, 0.25) is 65.0 Å². The maximum absolute atomic E-state index is 14.0. The van der Waals surface area contributed by atoms with Gasteiger partial charge in [0.25, 0.3) is 0 Å². The lowest BCUT2D eigenvalue weighted by Crippen LogP contribution is -2.60. The Hall–Kier alpha value is -6.44. The summed E-state index contributed by atoms with van der Waals surface area (Å²) in [4.78, 5) is 156. The first-order valence-corrected chi connectivity index (χ1v) is 22.3. The highest BCUT2D eigenvalue weighted by Gasteiger charge is 2.40. The second kappa shape index (κ2) is 29.3. The van der Waals surface area contributed by atoms with Crippen LogP contribution in [0.3, 0.4) is 0 Å². The van der Waals surface area contributed by atoms with Crippen LogP contribution >= 0.6 is 0 Å². The number of likely N-dealkylation sites (tertiary alicyclic amines) is 1. The molecule has 0 radical (unpaired) electrons. The summed E-state index contributed by atoms with van der Waals surface area (Å²) in [6.07, 6.45) is -1.47. The molecule has 0 aromatic heterocycles. The number of nitrogens with one attached hydrogen (secondary N) is 6. The Labute approximate surface area is 388 Å². The van der Waals surface area contributed by atoms with Crippen LogP contribution in [0, 0.1) is 11.8 Å². The van der Waals surface area contributed by atoms with E-state index in [1.54, 1.807) is 27.7 Å². The maximum atomic E-state index is 14.0. The highest BCUT2D eigenvalue weighted by molar-refractivity contribution is 5.99. The molecule has 1 saturated heterocycles. The van der Waals surface area contributed by atoms with E-state index in [1.807, 2.05) is 0 Å². The number of hydrogen-bond donors (Lipinski definition) is 13. The Bertz CT molecular complexity index is 1800. The van der Waals surface area contributed by atoms with Gasteiger partial charge in [-0.05, 0) is 69.7 Å². The zero-order chi connectivity index (χ0) is 51.1. The molecule has 0 saturated carbocycles. The number of unbranched alkanes of at least 4 members (excludes halogenated alkanes) is 1. The smallest absolute Gasteiger partial charge is 0.326 e. The largest absolute Gasteiger partial charge is 0.480 e. The van der Waals surface area contributed by atoms with Crippen molar-refractivity contribution < 1.29 is 62.6 Å². The fourth-order valence-electron chi connectivity index (χ4n) is 7.02. The summed E-state index contributed by atoms with van der Waals surface area (Å²) in [7, 11) is 0. The molecule has 1 aliphatic rings. The summed E-state index contributed by atoms with van der Waals surface area (Å²) in [6.45, 7) is 7.17. The van der Waals surface area contributed by atoms with E-state index >= 15 is 0 Å². The maximum Gasteiger partial charge on any atom is 0.326 e. The number of carboxylic acid groups (broad SMARTS) is 1. The summed E-state index contributed by atoms with van der Waals surface area (Å²) in [6, 6.07) is -11.6. The summed E-state index contributed by atoms with van der Waals surface area (Å²) < 4.78 is 0. The number of carboxylic acids is 1. The number of nitrogens with two attached hydrogens (primary N) is 6. The van der Waals surface area contributed by atoms with Crippen molar-refractivity contribution in [2.24, 2.45) is 46.2 Å². The van der Waals surface area contributed by atoms with Crippen molar-refractivity contribution in [1.29, 1.82) is 0 Å². The second-order valence-electron chi connectivity index (χ2n) is 17.1. The van der Waals surface area contributed by atoms with Gasteiger partial charge in [-0.1, -0.05) is 34.1 Å². The van der Waals surface area contributed by atoms with Crippen LogP contribution in [0.15, 0.2) is 0 Å². The highest BCUT2D eigenvalue weighted by atomic mass is 16.4. The van der Waals surface area contributed by atoms with Crippen LogP contribution in [0.5, 0.6) is 0 Å². The molecule has 67 heavy (non-hydrogen) atoms. The molecular weight excluding hydrogens is 883 g/mol. The van der Waals surface area contributed by atoms with Gasteiger partial charge < -0.3 is 76.3 Å². The van der Waals surface area contributed by atoms with Crippen LogP contribution in [-0.4, -0.2) is 142 Å². The molecule has 1 aliphatic heterocycles. The fraction of sp³-hybridized carbons (Fsp3) is 0.707. The molecule has 0 aromatic rings. The van der Waals surface area contributed by atoms with E-state index < -0.39 is 158 Å². The standard InChI is InChI=1S/C41H71N13O13/c1-5-21(4)33(47)39(64)52-26(18-31(45)57)37(62)49-22(11-13-29(43)55)34(59)48-23(12-14-30(44)56)35(60)51-25(17-20(2)3)36(61)53-27(19-32(46)58)40(65)54-16-8-10-28(54)38(63)50-24(41(66)67)9-6-7-15-42/h20-28,33H,5-19,42,47H2,1-4H3,(H2,43,55)(H2,44,56)(H2,45,57)(H2,46,58)(H,48,59)(H,49,62)(H,50,63)(H,51,60)(H,52,64)(H,53,61)(H,66,67). The lowest BCUT2D eigenvalue weighted by atomic mass is 9.98. The molecular formula is C41H71N13O13. The molecule has 26 nitrogen and oxygen atoms in total. The highest BCUT2D eigenvalue weighted by Crippen LogP contribution is 2.20. The van der Waals surface area contributed by atoms with Crippen molar-refractivity contribution in [3.8, 4) is 0 Å². The summed E-state index contributed by atoms with van der Waals surface area (Å²) in [5, 5.41) is 24.1. The van der Waals surface area contributed by atoms with Gasteiger partial charge in [-0.2, -0.15) is 0 Å². The van der Waals surface area contributed by atoms with E-state index in [2.05, 4.69) is 31.9 Å². The quantitative estimate of drug-likeness (QED) is 0.0280. The Balaban J connectivity index is 3.44. The molecule has 0 aromatic carbocycles. The number of carbonyl (C=O) groups excluding carboxylic acids is 11. The van der Waals surface area contributed by atoms with Crippen molar-refractivity contribution >= 4 is 70.9 Å². The molecule has 378 valence electrons. The van der Waals surface area contributed by atoms with Crippen molar-refractivity contribution in [2.75, 3.05) is 13.1 Å². The summed E-state index contributed by atoms with van der Waals surface area (Å²) >= 11 is 0. The number of rotatable bonds is 32. The molecule has 0 bridgehead atoms. The first-order valence-electron chi connectivity index (χ1n) is 22.3. The number of amides is 11. The molecule has 9 unspecified atom stereocenters. The molecule has 9 atom stereocenters. The molecule has 0 spiro atoms. The second-order valence-corrected chi connectivity index (χ2v) is 17.1. The van der Waals surface area contributed by atoms with Gasteiger partial charge in [0.15, 0.2) is 0 Å². The predicted molar refractivity (Wildman–Crippen MR) is 238 cm³/mol. The van der Waals surface area contributed by atoms with Gasteiger partial charge >= 0.3 is 5.97 Å². The number of aliphatic carboxylic acids is 1. The van der Waals surface area contributed by atoms with Crippen LogP contribution in [0.4, 0.5) is 0 Å². The first-order chi connectivity index (χ1) is 31.3. The fourth-order valence-corrected chi connectivity index (χ4v) is 7.02. The van der Waals surface area contributed by atoms with E-state index in [9.17, 15) is 62.6 Å². The Kier molecular flexibility index (Phi) is 25.6. The number of nitrogens with zero attached hydrogens (tertiary/aromatic N) is 1. The molecule has 0 aliphatic carbocycles. The van der Waals surface area contributed by atoms with Crippen molar-refractivity contribution in [3.05, 3.63) is 0 Å². The lowest BCUT2D eigenvalue weighted by Gasteiger charge is -2.30. The van der Waals surface area contributed by atoms with Crippen molar-refractivity contribution in [2.45, 2.75) is 160 Å². The topological polar surface area (TPSA) is 457 Å². The summed E-state index contributed by atoms with van der Waals surface area (Å²) in [5.74, 6) is -12.4. The van der Waals surface area contributed by atoms with E-state index in [4.69, 9.17) is 34.4 Å². The molecule has 1 rings (SSSR count). The third-order valence-electron chi connectivity index (χ3n) is 11.0. The summed E-state index contributed by atoms with van der Waals surface area (Å²) in [5.41, 5.74) is 32.9. The number of carbonyl (C=O) groups is 12. The number of hydrogen-bond acceptors (Lipinski definition) is 14. The predicted octanol–water partition coefficient (Wildman–Crippen LogP) is -5.20. The van der Waals surface area contributed by atoms with Gasteiger partial charge in [0, 0.05) is 19.4 Å². The van der Waals surface area contributed by atoms with Gasteiger partial charge in [0.05, 0.1) is 18.9 Å². The molecule has 11 amide bonds. The minimum absolute atomic E-state index is 0.00803. The normalized spacial score (nSPS) is 16.9. The zero-order valence-electron chi connectivity index (χ0n) is 38.6. The third kappa shape index (κ3) is 21.2.